The van der Waals surface area contributed by atoms with E-state index in [-0.39, 0.29) is 36.9 Å². The first-order valence-corrected chi connectivity index (χ1v) is 7.93. The number of carbonyl (C=O) groups is 3. The van der Waals surface area contributed by atoms with Crippen LogP contribution in [0.15, 0.2) is 35.5 Å². The molecular formula is C18H22N2O6. The van der Waals surface area contributed by atoms with E-state index in [4.69, 9.17) is 14.2 Å². The molecule has 1 aliphatic rings. The van der Waals surface area contributed by atoms with Crippen LogP contribution in [0.3, 0.4) is 0 Å². The largest absolute Gasteiger partial charge is 0.466 e. The van der Waals surface area contributed by atoms with Gasteiger partial charge in [0.25, 0.3) is 0 Å². The minimum atomic E-state index is -0.678. The number of anilines is 1. The van der Waals surface area contributed by atoms with Crippen molar-refractivity contribution in [2.45, 2.75) is 6.42 Å². The highest BCUT2D eigenvalue weighted by Crippen LogP contribution is 2.30. The Balaban J connectivity index is 2.54. The third kappa shape index (κ3) is 4.02. The molecule has 1 aromatic rings. The molecule has 0 radical (unpaired) electrons. The summed E-state index contributed by atoms with van der Waals surface area (Å²) < 4.78 is 15.1. The Labute approximate surface area is 151 Å². The number of hydrogen-bond donors (Lipinski definition) is 0. The molecule has 8 heteroatoms. The second-order valence-electron chi connectivity index (χ2n) is 5.81. The van der Waals surface area contributed by atoms with Crippen molar-refractivity contribution in [1.29, 1.82) is 0 Å². The van der Waals surface area contributed by atoms with Crippen molar-refractivity contribution in [1.82, 2.24) is 4.90 Å². The van der Waals surface area contributed by atoms with Crippen molar-refractivity contribution >= 4 is 23.5 Å². The molecule has 0 atom stereocenters. The average molecular weight is 362 g/mol. The van der Waals surface area contributed by atoms with Gasteiger partial charge in [-0.05, 0) is 11.6 Å². The summed E-state index contributed by atoms with van der Waals surface area (Å²) in [5.41, 5.74) is 1.40. The van der Waals surface area contributed by atoms with Gasteiger partial charge in [-0.2, -0.15) is 0 Å². The molecule has 0 N–H and O–H groups in total. The smallest absolute Gasteiger partial charge is 0.355 e. The Kier molecular flexibility index (Phi) is 6.35. The lowest BCUT2D eigenvalue weighted by Gasteiger charge is -2.32. The summed E-state index contributed by atoms with van der Waals surface area (Å²) in [5, 5.41) is 0. The van der Waals surface area contributed by atoms with Gasteiger partial charge in [-0.1, -0.05) is 18.2 Å². The molecule has 140 valence electrons. The van der Waals surface area contributed by atoms with E-state index in [0.717, 1.165) is 0 Å². The quantitative estimate of drug-likeness (QED) is 0.713. The molecule has 1 aromatic carbocycles. The zero-order valence-electron chi connectivity index (χ0n) is 15.3. The van der Waals surface area contributed by atoms with Crippen LogP contribution in [0, 0.1) is 0 Å². The Morgan fingerprint density at radius 1 is 1.12 bits per heavy atom. The molecule has 0 bridgehead atoms. The SMILES string of the molecule is COC(=O)C1=C(C(=O)OC)N(c2ccccc2CC(=O)N(C)C)COC1. The third-order valence-corrected chi connectivity index (χ3v) is 3.96. The van der Waals surface area contributed by atoms with E-state index >= 15 is 0 Å². The van der Waals surface area contributed by atoms with Crippen LogP contribution in [-0.4, -0.2) is 64.4 Å². The van der Waals surface area contributed by atoms with Gasteiger partial charge in [-0.3, -0.25) is 4.79 Å². The van der Waals surface area contributed by atoms with Gasteiger partial charge in [0.1, 0.15) is 12.4 Å². The number of esters is 2. The lowest BCUT2D eigenvalue weighted by molar-refractivity contribution is -0.140. The highest BCUT2D eigenvalue weighted by atomic mass is 16.5. The van der Waals surface area contributed by atoms with Gasteiger partial charge in [-0.25, -0.2) is 9.59 Å². The Bertz CT molecular complexity index is 741. The molecule has 0 saturated carbocycles. The van der Waals surface area contributed by atoms with E-state index in [1.807, 2.05) is 0 Å². The number of amides is 1. The predicted octanol–water partition coefficient (Wildman–Crippen LogP) is 0.711. The van der Waals surface area contributed by atoms with Gasteiger partial charge in [0, 0.05) is 19.8 Å². The first-order valence-electron chi connectivity index (χ1n) is 7.93. The highest BCUT2D eigenvalue weighted by Gasteiger charge is 2.33. The van der Waals surface area contributed by atoms with Crippen LogP contribution in [0.4, 0.5) is 5.69 Å². The molecule has 2 rings (SSSR count). The molecule has 8 nitrogen and oxygen atoms in total. The maximum absolute atomic E-state index is 12.4. The third-order valence-electron chi connectivity index (χ3n) is 3.96. The van der Waals surface area contributed by atoms with Crippen molar-refractivity contribution in [3.8, 4) is 0 Å². The number of para-hydroxylation sites is 1. The fourth-order valence-electron chi connectivity index (χ4n) is 2.58. The summed E-state index contributed by atoms with van der Waals surface area (Å²) >= 11 is 0. The van der Waals surface area contributed by atoms with Crippen LogP contribution in [-0.2, 0) is 35.0 Å². The fraction of sp³-hybridized carbons (Fsp3) is 0.389. The van der Waals surface area contributed by atoms with E-state index in [2.05, 4.69) is 0 Å². The number of methoxy groups -OCH3 is 2. The zero-order chi connectivity index (χ0) is 19.3. The summed E-state index contributed by atoms with van der Waals surface area (Å²) in [6.45, 7) is -0.0233. The van der Waals surface area contributed by atoms with E-state index in [1.165, 1.54) is 24.0 Å². The van der Waals surface area contributed by atoms with Crippen LogP contribution in [0.1, 0.15) is 5.56 Å². The number of likely N-dealkylation sites (N-methyl/N-ethyl adjacent to an activating group) is 1. The fourth-order valence-corrected chi connectivity index (χ4v) is 2.58. The topological polar surface area (TPSA) is 85.4 Å². The van der Waals surface area contributed by atoms with Crippen molar-refractivity contribution in [3.63, 3.8) is 0 Å². The highest BCUT2D eigenvalue weighted by molar-refractivity contribution is 6.03. The summed E-state index contributed by atoms with van der Waals surface area (Å²) in [6.07, 6.45) is 0.141. The molecule has 1 heterocycles. The molecule has 0 aliphatic carbocycles. The summed E-state index contributed by atoms with van der Waals surface area (Å²) in [7, 11) is 5.81. The maximum Gasteiger partial charge on any atom is 0.355 e. The van der Waals surface area contributed by atoms with E-state index in [0.29, 0.717) is 11.3 Å². The Morgan fingerprint density at radius 3 is 2.38 bits per heavy atom. The van der Waals surface area contributed by atoms with Gasteiger partial charge in [0.2, 0.25) is 5.91 Å². The Hall–Kier alpha value is -2.87. The first kappa shape index (κ1) is 19.5. The second kappa shape index (κ2) is 8.48. The van der Waals surface area contributed by atoms with Crippen molar-refractivity contribution in [2.75, 3.05) is 46.6 Å². The lowest BCUT2D eigenvalue weighted by Crippen LogP contribution is -2.39. The molecule has 26 heavy (non-hydrogen) atoms. The number of ether oxygens (including phenoxy) is 3. The number of nitrogens with zero attached hydrogens (tertiary/aromatic N) is 2. The summed E-state index contributed by atoms with van der Waals surface area (Å²) in [6, 6.07) is 7.12. The molecule has 0 fully saturated rings. The molecule has 0 unspecified atom stereocenters. The van der Waals surface area contributed by atoms with Gasteiger partial charge in [0.15, 0.2) is 0 Å². The normalized spacial score (nSPS) is 14.1. The predicted molar refractivity (Wildman–Crippen MR) is 93.2 cm³/mol. The van der Waals surface area contributed by atoms with E-state index in [1.54, 1.807) is 38.4 Å². The second-order valence-corrected chi connectivity index (χ2v) is 5.81. The number of hydrogen-bond acceptors (Lipinski definition) is 7. The van der Waals surface area contributed by atoms with Gasteiger partial charge < -0.3 is 24.0 Å². The number of carbonyl (C=O) groups excluding carboxylic acids is 3. The molecule has 0 saturated heterocycles. The van der Waals surface area contributed by atoms with Gasteiger partial charge >= 0.3 is 11.9 Å². The van der Waals surface area contributed by atoms with Crippen LogP contribution in [0.25, 0.3) is 0 Å². The maximum atomic E-state index is 12.4. The van der Waals surface area contributed by atoms with E-state index in [9.17, 15) is 14.4 Å². The van der Waals surface area contributed by atoms with Crippen LogP contribution in [0.2, 0.25) is 0 Å². The zero-order valence-corrected chi connectivity index (χ0v) is 15.3. The summed E-state index contributed by atoms with van der Waals surface area (Å²) in [5.74, 6) is -1.44. The minimum absolute atomic E-state index is 0.0398. The van der Waals surface area contributed by atoms with Crippen LogP contribution >= 0.6 is 0 Å². The first-order chi connectivity index (χ1) is 12.4. The molecule has 0 spiro atoms. The average Bonchev–Trinajstić information content (AvgIpc) is 2.66. The lowest BCUT2D eigenvalue weighted by atomic mass is 10.1. The minimum Gasteiger partial charge on any atom is -0.466 e. The Morgan fingerprint density at radius 2 is 1.77 bits per heavy atom. The van der Waals surface area contributed by atoms with Gasteiger partial charge in [0.05, 0.1) is 32.8 Å². The molecular weight excluding hydrogens is 340 g/mol. The molecule has 1 amide bonds. The van der Waals surface area contributed by atoms with Crippen LogP contribution in [0.5, 0.6) is 0 Å². The standard InChI is InChI=1S/C18H22N2O6/c1-19(2)15(21)9-12-7-5-6-8-14(12)20-11-26-10-13(17(22)24-3)16(20)18(23)25-4/h5-8H,9-11H2,1-4H3. The van der Waals surface area contributed by atoms with Gasteiger partial charge in [-0.15, -0.1) is 0 Å². The van der Waals surface area contributed by atoms with Crippen molar-refractivity contribution < 1.29 is 28.6 Å². The van der Waals surface area contributed by atoms with E-state index < -0.39 is 11.9 Å². The monoisotopic (exact) mass is 362 g/mol. The molecule has 0 aromatic heterocycles. The van der Waals surface area contributed by atoms with Crippen LogP contribution < -0.4 is 4.90 Å². The van der Waals surface area contributed by atoms with Crippen molar-refractivity contribution in [3.05, 3.63) is 41.1 Å². The molecule has 1 aliphatic heterocycles. The number of rotatable bonds is 5. The summed E-state index contributed by atoms with van der Waals surface area (Å²) in [4.78, 5) is 39.6. The number of benzene rings is 1. The van der Waals surface area contributed by atoms with Crippen molar-refractivity contribution in [2.24, 2.45) is 0 Å².